The number of thioether (sulfide) groups is 1. The van der Waals surface area contributed by atoms with Crippen molar-refractivity contribution in [2.45, 2.75) is 17.6 Å². The Bertz CT molecular complexity index is 992. The van der Waals surface area contributed by atoms with Gasteiger partial charge in [-0.2, -0.15) is 16.1 Å². The normalized spacial score (nSPS) is 15.1. The highest BCUT2D eigenvalue weighted by Crippen LogP contribution is 2.23. The summed E-state index contributed by atoms with van der Waals surface area (Å²) >= 11 is 7.89. The maximum atomic E-state index is 12.8. The summed E-state index contributed by atoms with van der Waals surface area (Å²) < 4.78 is 32.2. The Morgan fingerprint density at radius 1 is 1.20 bits per heavy atom. The fourth-order valence-corrected chi connectivity index (χ4v) is 5.54. The minimum absolute atomic E-state index is 0.0628. The molecule has 1 heterocycles. The summed E-state index contributed by atoms with van der Waals surface area (Å²) in [4.78, 5) is 12.6. The number of rotatable bonds is 8. The van der Waals surface area contributed by atoms with Gasteiger partial charge in [0.2, 0.25) is 10.0 Å². The summed E-state index contributed by atoms with van der Waals surface area (Å²) in [5.41, 5.74) is 2.63. The van der Waals surface area contributed by atoms with Crippen molar-refractivity contribution in [3.63, 3.8) is 0 Å². The van der Waals surface area contributed by atoms with Crippen molar-refractivity contribution in [1.29, 1.82) is 0 Å². The van der Waals surface area contributed by atoms with E-state index in [1.54, 1.807) is 11.8 Å². The van der Waals surface area contributed by atoms with Crippen LogP contribution < -0.4 is 5.32 Å². The van der Waals surface area contributed by atoms with Gasteiger partial charge in [0.1, 0.15) is 0 Å². The lowest BCUT2D eigenvalue weighted by Gasteiger charge is -2.26. The van der Waals surface area contributed by atoms with Crippen LogP contribution in [0.25, 0.3) is 0 Å². The van der Waals surface area contributed by atoms with Crippen LogP contribution >= 0.6 is 23.4 Å². The van der Waals surface area contributed by atoms with Crippen LogP contribution in [0.3, 0.4) is 0 Å². The first-order chi connectivity index (χ1) is 14.4. The summed E-state index contributed by atoms with van der Waals surface area (Å²) in [5, 5.41) is 3.05. The molecule has 1 aliphatic heterocycles. The second-order valence-corrected chi connectivity index (χ2v) is 10.4. The van der Waals surface area contributed by atoms with E-state index in [1.807, 2.05) is 6.07 Å². The topological polar surface area (TPSA) is 75.7 Å². The Hall–Kier alpha value is -1.58. The van der Waals surface area contributed by atoms with Crippen molar-refractivity contribution in [2.75, 3.05) is 38.6 Å². The fourth-order valence-electron chi connectivity index (χ4n) is 3.10. The number of carbonyl (C=O) groups is 1. The molecule has 1 N–H and O–H groups in total. The van der Waals surface area contributed by atoms with Crippen LogP contribution in [0.1, 0.15) is 21.5 Å². The number of nitrogens with one attached hydrogen (secondary N) is 1. The van der Waals surface area contributed by atoms with Gasteiger partial charge < -0.3 is 10.1 Å². The largest absolute Gasteiger partial charge is 0.379 e. The smallest absolute Gasteiger partial charge is 0.252 e. The summed E-state index contributed by atoms with van der Waals surface area (Å²) in [7, 11) is -3.69. The molecule has 30 heavy (non-hydrogen) atoms. The van der Waals surface area contributed by atoms with E-state index in [0.717, 1.165) is 11.5 Å². The van der Waals surface area contributed by atoms with Crippen molar-refractivity contribution < 1.29 is 17.9 Å². The van der Waals surface area contributed by atoms with Gasteiger partial charge in [0.25, 0.3) is 5.91 Å². The number of hydrogen-bond donors (Lipinski definition) is 1. The molecule has 1 amide bonds. The van der Waals surface area contributed by atoms with Crippen molar-refractivity contribution in [3.05, 3.63) is 64.2 Å². The third kappa shape index (κ3) is 5.98. The van der Waals surface area contributed by atoms with Crippen LogP contribution in [-0.4, -0.2) is 57.2 Å². The van der Waals surface area contributed by atoms with E-state index in [2.05, 4.69) is 30.4 Å². The van der Waals surface area contributed by atoms with Crippen molar-refractivity contribution in [2.24, 2.45) is 0 Å². The first kappa shape index (κ1) is 23.1. The lowest BCUT2D eigenvalue weighted by Crippen LogP contribution is -2.40. The lowest BCUT2D eigenvalue weighted by molar-refractivity contribution is 0.0730. The highest BCUT2D eigenvalue weighted by molar-refractivity contribution is 7.98. The number of morpholine rings is 1. The van der Waals surface area contributed by atoms with Gasteiger partial charge in [-0.1, -0.05) is 41.4 Å². The van der Waals surface area contributed by atoms with Crippen molar-refractivity contribution in [3.8, 4) is 0 Å². The Balaban J connectivity index is 1.57. The van der Waals surface area contributed by atoms with E-state index < -0.39 is 10.0 Å². The zero-order valence-electron chi connectivity index (χ0n) is 16.8. The Labute approximate surface area is 187 Å². The molecule has 1 fully saturated rings. The van der Waals surface area contributed by atoms with Crippen LogP contribution in [0.4, 0.5) is 0 Å². The van der Waals surface area contributed by atoms with E-state index in [4.69, 9.17) is 16.3 Å². The number of benzene rings is 2. The maximum absolute atomic E-state index is 12.8. The van der Waals surface area contributed by atoms with E-state index >= 15 is 0 Å². The highest BCUT2D eigenvalue weighted by Gasteiger charge is 2.27. The number of halogens is 1. The molecule has 0 bridgehead atoms. The standard InChI is InChI=1S/C21H25ClN2O4S2/c1-16-3-2-4-17(13-16)15-29-12-7-23-21(25)19-14-18(5-6-20(19)22)30(26,27)24-8-10-28-11-9-24/h2-6,13-14H,7-12,15H2,1H3,(H,23,25). The predicted molar refractivity (Wildman–Crippen MR) is 121 cm³/mol. The van der Waals surface area contributed by atoms with Gasteiger partial charge in [-0.25, -0.2) is 8.42 Å². The molecular formula is C21H25ClN2O4S2. The van der Waals surface area contributed by atoms with Gasteiger partial charge in [-0.05, 0) is 30.7 Å². The van der Waals surface area contributed by atoms with Crippen LogP contribution in [0.15, 0.2) is 47.4 Å². The number of amides is 1. The van der Waals surface area contributed by atoms with E-state index in [-0.39, 0.29) is 21.4 Å². The molecule has 0 saturated carbocycles. The van der Waals surface area contributed by atoms with Crippen LogP contribution in [0.5, 0.6) is 0 Å². The van der Waals surface area contributed by atoms with Crippen LogP contribution in [-0.2, 0) is 20.5 Å². The average Bonchev–Trinajstić information content (AvgIpc) is 2.74. The van der Waals surface area contributed by atoms with Gasteiger partial charge in [0, 0.05) is 31.1 Å². The Kier molecular flexibility index (Phi) is 8.19. The van der Waals surface area contributed by atoms with E-state index in [0.29, 0.717) is 32.8 Å². The van der Waals surface area contributed by atoms with Gasteiger partial charge >= 0.3 is 0 Å². The molecule has 6 nitrogen and oxygen atoms in total. The van der Waals surface area contributed by atoms with Gasteiger partial charge in [-0.3, -0.25) is 4.79 Å². The SMILES string of the molecule is Cc1cccc(CSCCNC(=O)c2cc(S(=O)(=O)N3CCOCC3)ccc2Cl)c1. The quantitative estimate of drug-likeness (QED) is 0.601. The number of hydrogen-bond acceptors (Lipinski definition) is 5. The van der Waals surface area contributed by atoms with Crippen molar-refractivity contribution in [1.82, 2.24) is 9.62 Å². The molecule has 0 spiro atoms. The third-order valence-electron chi connectivity index (χ3n) is 4.67. The summed E-state index contributed by atoms with van der Waals surface area (Å²) in [5.74, 6) is 1.23. The molecule has 1 saturated heterocycles. The molecule has 1 aliphatic rings. The molecule has 0 atom stereocenters. The number of nitrogens with zero attached hydrogens (tertiary/aromatic N) is 1. The molecule has 3 rings (SSSR count). The second kappa shape index (κ2) is 10.6. The highest BCUT2D eigenvalue weighted by atomic mass is 35.5. The molecule has 0 aromatic heterocycles. The zero-order valence-corrected chi connectivity index (χ0v) is 19.2. The molecule has 162 valence electrons. The van der Waals surface area contributed by atoms with Gasteiger partial charge in [0.15, 0.2) is 0 Å². The number of aryl methyl sites for hydroxylation is 1. The average molecular weight is 469 g/mol. The van der Waals surface area contributed by atoms with E-state index in [9.17, 15) is 13.2 Å². The summed E-state index contributed by atoms with van der Waals surface area (Å²) in [6, 6.07) is 12.6. The number of ether oxygens (including phenoxy) is 1. The molecular weight excluding hydrogens is 444 g/mol. The van der Waals surface area contributed by atoms with Gasteiger partial charge in [-0.15, -0.1) is 0 Å². The minimum Gasteiger partial charge on any atom is -0.379 e. The Morgan fingerprint density at radius 2 is 1.97 bits per heavy atom. The maximum Gasteiger partial charge on any atom is 0.252 e. The molecule has 0 radical (unpaired) electrons. The van der Waals surface area contributed by atoms with Gasteiger partial charge in [0.05, 0.1) is 28.7 Å². The van der Waals surface area contributed by atoms with Crippen LogP contribution in [0, 0.1) is 6.92 Å². The lowest BCUT2D eigenvalue weighted by atomic mass is 10.2. The summed E-state index contributed by atoms with van der Waals surface area (Å²) in [6.07, 6.45) is 0. The van der Waals surface area contributed by atoms with Crippen molar-refractivity contribution >= 4 is 39.3 Å². The number of sulfonamides is 1. The second-order valence-electron chi connectivity index (χ2n) is 6.96. The van der Waals surface area contributed by atoms with Crippen LogP contribution in [0.2, 0.25) is 5.02 Å². The molecule has 0 unspecified atom stereocenters. The minimum atomic E-state index is -3.69. The van der Waals surface area contributed by atoms with E-state index in [1.165, 1.54) is 33.6 Å². The first-order valence-corrected chi connectivity index (χ1v) is 12.6. The first-order valence-electron chi connectivity index (χ1n) is 9.67. The molecule has 9 heteroatoms. The molecule has 0 aliphatic carbocycles. The predicted octanol–water partition coefficient (Wildman–Crippen LogP) is 3.33. The fraction of sp³-hybridized carbons (Fsp3) is 0.381. The molecule has 2 aromatic carbocycles. The Morgan fingerprint density at radius 3 is 2.70 bits per heavy atom. The zero-order chi connectivity index (χ0) is 21.6. The molecule has 2 aromatic rings. The third-order valence-corrected chi connectivity index (χ3v) is 7.93. The number of carbonyl (C=O) groups excluding carboxylic acids is 1. The monoisotopic (exact) mass is 468 g/mol. The summed E-state index contributed by atoms with van der Waals surface area (Å²) in [6.45, 7) is 3.84.